The second-order valence-corrected chi connectivity index (χ2v) is 16.3. The molecular weight excluding hydrogens is 971 g/mol. The van der Waals surface area contributed by atoms with Gasteiger partial charge in [-0.2, -0.15) is 23.8 Å². The third kappa shape index (κ3) is 14.8. The van der Waals surface area contributed by atoms with Gasteiger partial charge in [-0.05, 0) is 109 Å². The van der Waals surface area contributed by atoms with E-state index >= 15 is 0 Å². The molecule has 4 N–H and O–H groups in total. The lowest BCUT2D eigenvalue weighted by Crippen LogP contribution is -1.97. The van der Waals surface area contributed by atoms with E-state index in [0.29, 0.717) is 62.1 Å². The van der Waals surface area contributed by atoms with Crippen molar-refractivity contribution in [2.24, 2.45) is 40.9 Å². The van der Waals surface area contributed by atoms with Gasteiger partial charge in [-0.25, -0.2) is 0 Å². The van der Waals surface area contributed by atoms with Crippen molar-refractivity contribution in [3.8, 4) is 17.2 Å². The summed E-state index contributed by atoms with van der Waals surface area (Å²) in [4.78, 5) is -0.345. The number of methoxy groups -OCH3 is 2. The number of aliphatic hydroxyl groups excluding tert-OH is 1. The molecule has 0 saturated heterocycles. The number of aryl methyl sites for hydroxylation is 2. The van der Waals surface area contributed by atoms with Gasteiger partial charge in [-0.15, -0.1) is 50.8 Å². The Kier molecular flexibility index (Phi) is 18.4. The van der Waals surface area contributed by atoms with Crippen LogP contribution in [-0.2, 0) is 37.9 Å². The molecule has 0 amide bonds. The lowest BCUT2D eigenvalue weighted by atomic mass is 10.1. The Hall–Kier alpha value is -8.49. The van der Waals surface area contributed by atoms with Crippen LogP contribution in [0, 0.1) is 13.8 Å². The number of phenolic OH excluding ortho intramolecular Hbond substituents is 1. The number of fused-ring (bicyclic) bond motifs is 1. The van der Waals surface area contributed by atoms with Gasteiger partial charge in [0.25, 0.3) is 10.1 Å². The number of nitrogens with one attached hydrogen (secondary N) is 1. The minimum absolute atomic E-state index is 0.00270. The van der Waals surface area contributed by atoms with Crippen LogP contribution in [0.3, 0.4) is 0 Å². The molecule has 0 aliphatic carbocycles. The van der Waals surface area contributed by atoms with Crippen molar-refractivity contribution >= 4 is 99.0 Å². The van der Waals surface area contributed by atoms with Gasteiger partial charge in [0.15, 0.2) is 5.75 Å². The fourth-order valence-electron chi connectivity index (χ4n) is 6.23. The van der Waals surface area contributed by atoms with E-state index in [-0.39, 0.29) is 28.6 Å². The Morgan fingerprint density at radius 2 is 1.06 bits per heavy atom. The summed E-state index contributed by atoms with van der Waals surface area (Å²) in [7, 11) is -7.73. The number of azo groups is 4. The molecule has 360 valence electrons. The topological polar surface area (TPSA) is 327 Å². The maximum absolute atomic E-state index is 11.7. The summed E-state index contributed by atoms with van der Waals surface area (Å²) >= 11 is 0. The first-order chi connectivity index (χ1) is 33.4. The molecule has 7 rings (SSSR count). The number of aliphatic hydroxyl groups is 1. The minimum atomic E-state index is -4.47. The molecule has 0 heterocycles. The van der Waals surface area contributed by atoms with Gasteiger partial charge in [-0.1, -0.05) is 36.4 Å². The largest absolute Gasteiger partial charge is 0.505 e. The summed E-state index contributed by atoms with van der Waals surface area (Å²) < 4.78 is 94.8. The third-order valence-corrected chi connectivity index (χ3v) is 10.4. The maximum atomic E-state index is 11.7. The molecule has 22 nitrogen and oxygen atoms in total. The number of phenols is 1. The van der Waals surface area contributed by atoms with Crippen LogP contribution < -0.4 is 14.8 Å². The molecule has 0 aliphatic heterocycles. The highest BCUT2D eigenvalue weighted by molar-refractivity contribution is 7.86. The first-order valence-electron chi connectivity index (χ1n) is 19.9. The van der Waals surface area contributed by atoms with Crippen LogP contribution in [0.25, 0.3) is 10.8 Å². The van der Waals surface area contributed by atoms with Crippen molar-refractivity contribution in [3.63, 3.8) is 0 Å². The monoisotopic (exact) mass is 1010 g/mol. The summed E-state index contributed by atoms with van der Waals surface area (Å²) in [6.45, 7) is 3.24. The molecule has 0 bridgehead atoms. The van der Waals surface area contributed by atoms with E-state index in [4.69, 9.17) is 34.7 Å². The molecule has 0 unspecified atom stereocenters. The van der Waals surface area contributed by atoms with E-state index in [1.807, 2.05) is 61.5 Å². The first-order valence-corrected chi connectivity index (χ1v) is 23.3. The predicted octanol–water partition coefficient (Wildman–Crippen LogP) is 11.3. The van der Waals surface area contributed by atoms with Gasteiger partial charge in [0, 0.05) is 34.5 Å². The van der Waals surface area contributed by atoms with Crippen LogP contribution in [0.4, 0.5) is 56.9 Å². The molecule has 25 heteroatoms. The maximum Gasteiger partial charge on any atom is 0.425 e. The summed E-state index contributed by atoms with van der Waals surface area (Å²) in [6.07, 6.45) is 0. The van der Waals surface area contributed by atoms with Gasteiger partial charge in [0.1, 0.15) is 39.1 Å². The van der Waals surface area contributed by atoms with E-state index in [1.165, 1.54) is 32.4 Å². The normalized spacial score (nSPS) is 11.3. The molecule has 70 heavy (non-hydrogen) atoms. The van der Waals surface area contributed by atoms with E-state index < -0.39 is 31.3 Å². The molecule has 0 aromatic heterocycles. The van der Waals surface area contributed by atoms with Crippen LogP contribution in [0.5, 0.6) is 17.2 Å². The van der Waals surface area contributed by atoms with Crippen molar-refractivity contribution < 1.29 is 57.9 Å². The van der Waals surface area contributed by atoms with Crippen molar-refractivity contribution in [1.29, 1.82) is 0 Å². The Morgan fingerprint density at radius 3 is 1.69 bits per heavy atom. The Morgan fingerprint density at radius 1 is 0.529 bits per heavy atom. The lowest BCUT2D eigenvalue weighted by molar-refractivity contribution is 0.282. The van der Waals surface area contributed by atoms with E-state index in [9.17, 15) is 23.2 Å². The lowest BCUT2D eigenvalue weighted by Gasteiger charge is -2.10. The molecule has 0 fully saturated rings. The molecule has 0 spiro atoms. The number of hydrogen-bond donors (Lipinski definition) is 4. The average Bonchev–Trinajstić information content (AvgIpc) is 3.32. The fraction of sp³-hybridized carbons (Fsp3) is 0.111. The predicted molar refractivity (Wildman–Crippen MR) is 256 cm³/mol. The van der Waals surface area contributed by atoms with Crippen LogP contribution in [-0.4, -0.2) is 62.7 Å². The van der Waals surface area contributed by atoms with Crippen LogP contribution >= 0.6 is 0 Å². The van der Waals surface area contributed by atoms with Gasteiger partial charge < -0.3 is 25.0 Å². The number of nitrogens with zero attached hydrogens (tertiary/aromatic N) is 8. The molecule has 0 aliphatic rings. The highest BCUT2D eigenvalue weighted by Gasteiger charge is 2.16. The van der Waals surface area contributed by atoms with E-state index in [0.717, 1.165) is 22.3 Å². The van der Waals surface area contributed by atoms with Gasteiger partial charge in [-0.3, -0.25) is 4.55 Å². The number of hydrogen-bond acceptors (Lipinski definition) is 21. The minimum Gasteiger partial charge on any atom is -0.505 e. The van der Waals surface area contributed by atoms with Gasteiger partial charge in [0.05, 0.1) is 43.6 Å². The summed E-state index contributed by atoms with van der Waals surface area (Å²) in [5.74, 6) is 0.646. The van der Waals surface area contributed by atoms with Crippen molar-refractivity contribution in [3.05, 3.63) is 144 Å². The van der Waals surface area contributed by atoms with Crippen LogP contribution in [0.15, 0.2) is 173 Å². The molecule has 0 atom stereocenters. The van der Waals surface area contributed by atoms with Gasteiger partial charge >= 0.3 is 21.2 Å². The number of rotatable bonds is 14. The van der Waals surface area contributed by atoms with Crippen LogP contribution in [0.2, 0.25) is 0 Å². The van der Waals surface area contributed by atoms with Gasteiger partial charge in [0.2, 0.25) is 0 Å². The number of benzene rings is 7. The SMILES string of the molecule is COc1cc(N=Nc2ccc(N=Nc3ccccc3S(=O)(=O)O)c(C)c2)c(C)cc1N=Nc1cc(OC)c(N=Nc2ccc3cc(Nc4ccccc4)ccc3c2O)cc1CO.O=S(=O)=O.O=S(=O)=O. The summed E-state index contributed by atoms with van der Waals surface area (Å²) in [5.41, 5.74) is 6.41. The Labute approximate surface area is 402 Å². The number of para-hydroxylation sites is 1. The second-order valence-electron chi connectivity index (χ2n) is 14.1. The molecule has 0 saturated carbocycles. The Bertz CT molecular complexity index is 3490. The fourth-order valence-corrected chi connectivity index (χ4v) is 6.85. The standard InChI is InChI=1S/C45H39N9O7S.2O3S/c1-27-20-33(16-19-35(27)48-49-36-12-8-9-13-44(36)62(57,58)59)47-51-38-24-42(60-3)40(21-28(38)2)53-52-39-25-43(61-4)41(23-30(39)26-55)54-50-37-18-14-29-22-32(15-17-34(29)45(37)56)46-31-10-6-5-7-11-31;2*1-4(2)3/h5-25,46,55-56H,26H2,1-4H3,(H,57,58,59);;. The van der Waals surface area contributed by atoms with E-state index in [2.05, 4.69) is 46.2 Å². The summed E-state index contributed by atoms with van der Waals surface area (Å²) in [5, 5.41) is 60.7. The zero-order valence-corrected chi connectivity index (χ0v) is 39.5. The zero-order chi connectivity index (χ0) is 51.0. The quantitative estimate of drug-likeness (QED) is 0.0581. The number of ether oxygens (including phenoxy) is 2. The number of anilines is 2. The van der Waals surface area contributed by atoms with Crippen molar-refractivity contribution in [2.75, 3.05) is 19.5 Å². The average molecular weight is 1010 g/mol. The number of aromatic hydroxyl groups is 1. The molecule has 0 radical (unpaired) electrons. The first kappa shape index (κ1) is 52.5. The third-order valence-electron chi connectivity index (χ3n) is 9.47. The second kappa shape index (κ2) is 24.5. The van der Waals surface area contributed by atoms with Crippen LogP contribution in [0.1, 0.15) is 16.7 Å². The highest BCUT2D eigenvalue weighted by atomic mass is 32.2. The van der Waals surface area contributed by atoms with Crippen molar-refractivity contribution in [2.45, 2.75) is 25.3 Å². The molecular formula is C45H39N9O13S3. The Balaban J connectivity index is 0.00000106. The summed E-state index contributed by atoms with van der Waals surface area (Å²) in [6, 6.07) is 36.4. The molecule has 7 aromatic carbocycles. The molecule has 7 aromatic rings. The van der Waals surface area contributed by atoms with E-state index in [1.54, 1.807) is 61.5 Å². The van der Waals surface area contributed by atoms with Crippen molar-refractivity contribution in [1.82, 2.24) is 0 Å². The zero-order valence-electron chi connectivity index (χ0n) is 37.1. The highest BCUT2D eigenvalue weighted by Crippen LogP contribution is 2.42. The smallest absolute Gasteiger partial charge is 0.425 e.